The van der Waals surface area contributed by atoms with Crippen LogP contribution in [0.1, 0.15) is 246 Å². The highest BCUT2D eigenvalue weighted by Crippen LogP contribution is 2.43. The molecule has 0 amide bonds. The van der Waals surface area contributed by atoms with Crippen molar-refractivity contribution in [2.75, 3.05) is 53.4 Å². The summed E-state index contributed by atoms with van der Waals surface area (Å²) in [4.78, 5) is 22.7. The summed E-state index contributed by atoms with van der Waals surface area (Å²) >= 11 is 0. The maximum absolute atomic E-state index is 10.9. The lowest BCUT2D eigenvalue weighted by Gasteiger charge is -2.15. The van der Waals surface area contributed by atoms with Crippen LogP contribution < -0.4 is 11.5 Å². The van der Waals surface area contributed by atoms with E-state index in [1.807, 2.05) is 0 Å². The molecule has 8 heteroatoms. The fraction of sp³-hybridized carbons (Fsp3) is 1.00. The highest BCUT2D eigenvalue weighted by molar-refractivity contribution is 7.52. The minimum absolute atomic E-state index is 0.467. The predicted octanol–water partition coefficient (Wildman–Crippen LogP) is 13.6. The normalized spacial score (nSPS) is 12.1. The smallest absolute Gasteiger partial charge is 0.328 e. The van der Waals surface area contributed by atoms with Gasteiger partial charge in [0, 0.05) is 0 Å². The van der Waals surface area contributed by atoms with Gasteiger partial charge < -0.3 is 31.1 Å². The molecule has 0 saturated heterocycles. The Bertz CT molecular complexity index is 692. The van der Waals surface area contributed by atoms with Crippen LogP contribution in [0.15, 0.2) is 0 Å². The Kier molecular flexibility index (Phi) is 54.1. The second-order valence-electron chi connectivity index (χ2n) is 17.0. The summed E-state index contributed by atoms with van der Waals surface area (Å²) < 4.78 is 10.9. The Morgan fingerprint density at radius 2 is 0.618 bits per heavy atom. The van der Waals surface area contributed by atoms with Crippen LogP contribution in [0.2, 0.25) is 0 Å². The second-order valence-corrected chi connectivity index (χ2v) is 19.1. The van der Waals surface area contributed by atoms with Gasteiger partial charge in [-0.05, 0) is 85.5 Å². The van der Waals surface area contributed by atoms with Crippen molar-refractivity contribution in [1.82, 2.24) is 9.80 Å². The molecule has 0 aromatic heterocycles. The Hall–Kier alpha value is -0.0100. The van der Waals surface area contributed by atoms with Crippen molar-refractivity contribution in [1.29, 1.82) is 0 Å². The predicted molar refractivity (Wildman–Crippen MR) is 249 cm³/mol. The molecule has 0 aliphatic carbocycles. The third-order valence-electron chi connectivity index (χ3n) is 11.1. The van der Waals surface area contributed by atoms with Gasteiger partial charge in [0.15, 0.2) is 0 Å². The number of nitrogens with two attached hydrogens (primary N) is 2. The van der Waals surface area contributed by atoms with Crippen molar-refractivity contribution in [2.45, 2.75) is 252 Å². The van der Waals surface area contributed by atoms with Gasteiger partial charge in [0.25, 0.3) is 0 Å². The fourth-order valence-corrected chi connectivity index (χ4v) is 7.48. The van der Waals surface area contributed by atoms with Crippen molar-refractivity contribution in [2.24, 2.45) is 11.5 Å². The zero-order valence-electron chi connectivity index (χ0n) is 38.7. The first kappa shape index (κ1) is 59.3. The molecule has 0 bridgehead atoms. The Morgan fingerprint density at radius 1 is 0.400 bits per heavy atom. The van der Waals surface area contributed by atoms with Gasteiger partial charge in [-0.25, -0.2) is 0 Å². The van der Waals surface area contributed by atoms with Crippen LogP contribution in [0, 0.1) is 0 Å². The molecule has 6 N–H and O–H groups in total. The zero-order valence-corrected chi connectivity index (χ0v) is 39.6. The van der Waals surface area contributed by atoms with Gasteiger partial charge in [-0.2, -0.15) is 0 Å². The van der Waals surface area contributed by atoms with E-state index < -0.39 is 13.3 Å². The quantitative estimate of drug-likeness (QED) is 0.0359. The van der Waals surface area contributed by atoms with E-state index in [1.54, 1.807) is 6.92 Å². The van der Waals surface area contributed by atoms with E-state index in [4.69, 9.17) is 21.3 Å². The van der Waals surface area contributed by atoms with E-state index in [1.165, 1.54) is 199 Å². The molecule has 1 atom stereocenters. The lowest BCUT2D eigenvalue weighted by atomic mass is 10.0. The van der Waals surface area contributed by atoms with Crippen molar-refractivity contribution in [3.63, 3.8) is 0 Å². The first-order chi connectivity index (χ1) is 26.6. The van der Waals surface area contributed by atoms with E-state index in [9.17, 15) is 4.57 Å². The standard InChI is InChI=1S/2C16H36N2.C15H33O3P/c2*1-3-4-5-6-7-8-9-10-11-12-15-18(2)16-13-14-17;1-3-4-5-6-7-8-9-10-11-12-13-14-15(2)19(16,17)18/h2*3-17H2,1-2H3;15H,3-14H2,1-2H3,(H2,16,17,18). The van der Waals surface area contributed by atoms with Crippen LogP contribution in [0.3, 0.4) is 0 Å². The molecule has 0 aliphatic rings. The summed E-state index contributed by atoms with van der Waals surface area (Å²) in [6.45, 7) is 14.9. The minimum Gasteiger partial charge on any atom is -0.330 e. The van der Waals surface area contributed by atoms with Crippen LogP contribution in [-0.4, -0.2) is 78.6 Å². The molecule has 55 heavy (non-hydrogen) atoms. The van der Waals surface area contributed by atoms with Crippen LogP contribution in [0.5, 0.6) is 0 Å². The van der Waals surface area contributed by atoms with Crippen LogP contribution in [0.25, 0.3) is 0 Å². The van der Waals surface area contributed by atoms with Crippen molar-refractivity contribution in [3.05, 3.63) is 0 Å². The van der Waals surface area contributed by atoms with Gasteiger partial charge in [-0.15, -0.1) is 0 Å². The van der Waals surface area contributed by atoms with Gasteiger partial charge in [-0.1, -0.05) is 214 Å². The Morgan fingerprint density at radius 3 is 0.855 bits per heavy atom. The maximum atomic E-state index is 10.9. The summed E-state index contributed by atoms with van der Waals surface area (Å²) in [6.07, 6.45) is 45.4. The van der Waals surface area contributed by atoms with Gasteiger partial charge in [0.1, 0.15) is 0 Å². The van der Waals surface area contributed by atoms with Crippen molar-refractivity contribution >= 4 is 7.60 Å². The van der Waals surface area contributed by atoms with Gasteiger partial charge in [0.05, 0.1) is 5.66 Å². The van der Waals surface area contributed by atoms with Crippen LogP contribution >= 0.6 is 7.60 Å². The average molecular weight is 805 g/mol. The highest BCUT2D eigenvalue weighted by Gasteiger charge is 2.22. The zero-order chi connectivity index (χ0) is 41.5. The number of unbranched alkanes of at least 4 members (excludes halogenated alkanes) is 28. The molecule has 0 saturated carbocycles. The summed E-state index contributed by atoms with van der Waals surface area (Å²) in [5.74, 6) is 0. The van der Waals surface area contributed by atoms with Crippen LogP contribution in [0.4, 0.5) is 0 Å². The number of hydrogen-bond acceptors (Lipinski definition) is 5. The van der Waals surface area contributed by atoms with Crippen LogP contribution in [-0.2, 0) is 4.57 Å². The molecule has 0 aromatic carbocycles. The largest absolute Gasteiger partial charge is 0.330 e. The van der Waals surface area contributed by atoms with Crippen molar-refractivity contribution in [3.8, 4) is 0 Å². The van der Waals surface area contributed by atoms with E-state index in [2.05, 4.69) is 44.7 Å². The topological polar surface area (TPSA) is 116 Å². The van der Waals surface area contributed by atoms with E-state index in [0.717, 1.165) is 51.9 Å². The van der Waals surface area contributed by atoms with Gasteiger partial charge in [0.2, 0.25) is 0 Å². The SMILES string of the molecule is CCCCCCCCCCCCCC(C)P(=O)(O)O.CCCCCCCCCCCCN(C)CCCN.CCCCCCCCCCCCN(C)CCCN. The second kappa shape index (κ2) is 50.1. The molecule has 0 rings (SSSR count). The Labute approximate surface area is 347 Å². The third-order valence-corrected chi connectivity index (χ3v) is 12.5. The highest BCUT2D eigenvalue weighted by atomic mass is 31.2. The number of nitrogens with zero attached hydrogens (tertiary/aromatic N) is 2. The maximum Gasteiger partial charge on any atom is 0.328 e. The lowest BCUT2D eigenvalue weighted by Crippen LogP contribution is -2.22. The number of rotatable bonds is 41. The molecule has 0 fully saturated rings. The molecule has 1 unspecified atom stereocenters. The molecule has 0 spiro atoms. The fourth-order valence-electron chi connectivity index (χ4n) is 6.96. The number of hydrogen-bond donors (Lipinski definition) is 4. The third kappa shape index (κ3) is 56.1. The van der Waals surface area contributed by atoms with Gasteiger partial charge in [-0.3, -0.25) is 4.57 Å². The molecule has 7 nitrogen and oxygen atoms in total. The minimum atomic E-state index is -3.84. The van der Waals surface area contributed by atoms with E-state index in [-0.39, 0.29) is 0 Å². The van der Waals surface area contributed by atoms with Crippen molar-refractivity contribution < 1.29 is 14.4 Å². The van der Waals surface area contributed by atoms with E-state index in [0.29, 0.717) is 6.42 Å². The Balaban J connectivity index is -0.000000738. The average Bonchev–Trinajstić information content (AvgIpc) is 3.16. The summed E-state index contributed by atoms with van der Waals surface area (Å²) in [5.41, 5.74) is 10.5. The molecular weight excluding hydrogens is 700 g/mol. The molecule has 0 aromatic rings. The monoisotopic (exact) mass is 805 g/mol. The molecule has 0 heterocycles. The van der Waals surface area contributed by atoms with E-state index >= 15 is 0 Å². The molecule has 336 valence electrons. The summed E-state index contributed by atoms with van der Waals surface area (Å²) in [5, 5.41) is 0. The lowest BCUT2D eigenvalue weighted by molar-refractivity contribution is 0.321. The summed E-state index contributed by atoms with van der Waals surface area (Å²) in [6, 6.07) is 0. The first-order valence-electron chi connectivity index (χ1n) is 24.4. The summed E-state index contributed by atoms with van der Waals surface area (Å²) in [7, 11) is 0.587. The molecular formula is C47H105N4O3P. The molecule has 0 aliphatic heterocycles. The first-order valence-corrected chi connectivity index (χ1v) is 26.1. The van der Waals surface area contributed by atoms with Gasteiger partial charge >= 0.3 is 7.60 Å². The molecule has 0 radical (unpaired) electrons.